The third-order valence-corrected chi connectivity index (χ3v) is 3.94. The minimum absolute atomic E-state index is 0.0122. The molecule has 1 aromatic heterocycles. The van der Waals surface area contributed by atoms with Crippen LogP contribution < -0.4 is 0 Å². The Kier molecular flexibility index (Phi) is 3.08. The summed E-state index contributed by atoms with van der Waals surface area (Å²) in [5, 5.41) is 8.02. The van der Waals surface area contributed by atoms with Crippen molar-refractivity contribution in [3.63, 3.8) is 0 Å². The summed E-state index contributed by atoms with van der Waals surface area (Å²) >= 11 is 0. The zero-order chi connectivity index (χ0) is 14.3. The van der Waals surface area contributed by atoms with Gasteiger partial charge in [-0.1, -0.05) is 6.07 Å². The van der Waals surface area contributed by atoms with Gasteiger partial charge in [-0.15, -0.1) is 0 Å². The number of hydrogen-bond acceptors (Lipinski definition) is 3. The molecule has 0 amide bonds. The SMILES string of the molecule is Cc1ccc(F)cc1C1CC(=O)c2c(C)cnnc2C1. The zero-order valence-electron chi connectivity index (χ0n) is 11.5. The van der Waals surface area contributed by atoms with Crippen LogP contribution in [-0.2, 0) is 6.42 Å². The van der Waals surface area contributed by atoms with E-state index in [1.54, 1.807) is 12.3 Å². The fraction of sp³-hybridized carbons (Fsp3) is 0.312. The number of rotatable bonds is 1. The van der Waals surface area contributed by atoms with E-state index in [2.05, 4.69) is 10.2 Å². The van der Waals surface area contributed by atoms with Gasteiger partial charge in [-0.3, -0.25) is 4.79 Å². The number of halogens is 1. The fourth-order valence-corrected chi connectivity index (χ4v) is 2.95. The van der Waals surface area contributed by atoms with Gasteiger partial charge in [0.2, 0.25) is 0 Å². The van der Waals surface area contributed by atoms with Gasteiger partial charge in [0.15, 0.2) is 5.78 Å². The van der Waals surface area contributed by atoms with Crippen LogP contribution in [0.1, 0.15) is 45.1 Å². The highest BCUT2D eigenvalue weighted by Gasteiger charge is 2.29. The van der Waals surface area contributed by atoms with E-state index in [-0.39, 0.29) is 17.5 Å². The van der Waals surface area contributed by atoms with Crippen molar-refractivity contribution in [2.75, 3.05) is 0 Å². The van der Waals surface area contributed by atoms with E-state index in [1.165, 1.54) is 12.1 Å². The van der Waals surface area contributed by atoms with E-state index < -0.39 is 0 Å². The number of Topliss-reactive ketones (excluding diaryl/α,β-unsaturated/α-hetero) is 1. The molecule has 0 bridgehead atoms. The van der Waals surface area contributed by atoms with Gasteiger partial charge in [0, 0.05) is 12.0 Å². The summed E-state index contributed by atoms with van der Waals surface area (Å²) in [6, 6.07) is 4.73. The van der Waals surface area contributed by atoms with E-state index in [1.807, 2.05) is 13.8 Å². The molecule has 102 valence electrons. The number of ketones is 1. The summed E-state index contributed by atoms with van der Waals surface area (Å²) < 4.78 is 13.4. The lowest BCUT2D eigenvalue weighted by Gasteiger charge is -2.25. The quantitative estimate of drug-likeness (QED) is 0.799. The molecule has 1 atom stereocenters. The average Bonchev–Trinajstić information content (AvgIpc) is 2.41. The molecule has 0 radical (unpaired) electrons. The van der Waals surface area contributed by atoms with E-state index >= 15 is 0 Å². The maximum absolute atomic E-state index is 13.4. The largest absolute Gasteiger partial charge is 0.294 e. The van der Waals surface area contributed by atoms with Crippen LogP contribution in [0.15, 0.2) is 24.4 Å². The topological polar surface area (TPSA) is 42.9 Å². The van der Waals surface area contributed by atoms with Crippen molar-refractivity contribution >= 4 is 5.78 Å². The van der Waals surface area contributed by atoms with Gasteiger partial charge in [0.25, 0.3) is 0 Å². The van der Waals surface area contributed by atoms with Gasteiger partial charge in [0.05, 0.1) is 11.9 Å². The first-order valence-electron chi connectivity index (χ1n) is 6.66. The lowest BCUT2D eigenvalue weighted by atomic mass is 9.79. The molecule has 0 N–H and O–H groups in total. The number of fused-ring (bicyclic) bond motifs is 1. The van der Waals surface area contributed by atoms with Gasteiger partial charge >= 0.3 is 0 Å². The molecule has 3 rings (SSSR count). The van der Waals surface area contributed by atoms with Gasteiger partial charge in [-0.25, -0.2) is 4.39 Å². The monoisotopic (exact) mass is 270 g/mol. The molecule has 1 aliphatic carbocycles. The molecule has 3 nitrogen and oxygen atoms in total. The Bertz CT molecular complexity index is 697. The van der Waals surface area contributed by atoms with Gasteiger partial charge in [-0.2, -0.15) is 10.2 Å². The molecule has 1 heterocycles. The van der Waals surface area contributed by atoms with Crippen molar-refractivity contribution in [1.82, 2.24) is 10.2 Å². The summed E-state index contributed by atoms with van der Waals surface area (Å²) in [6.07, 6.45) is 2.66. The second-order valence-corrected chi connectivity index (χ2v) is 5.38. The lowest BCUT2D eigenvalue weighted by Crippen LogP contribution is -2.22. The first-order chi connectivity index (χ1) is 9.56. The number of benzene rings is 1. The van der Waals surface area contributed by atoms with Gasteiger partial charge < -0.3 is 0 Å². The summed E-state index contributed by atoms with van der Waals surface area (Å²) in [6.45, 7) is 3.82. The van der Waals surface area contributed by atoms with E-state index in [0.29, 0.717) is 18.4 Å². The predicted octanol–water partition coefficient (Wildman–Crippen LogP) is 3.15. The number of nitrogens with zero attached hydrogens (tertiary/aromatic N) is 2. The standard InChI is InChI=1S/C16H15FN2O/c1-9-3-4-12(17)7-13(9)11-5-14-16(15(20)6-11)10(2)8-18-19-14/h3-4,7-8,11H,5-6H2,1-2H3. The van der Waals surface area contributed by atoms with E-state index in [9.17, 15) is 9.18 Å². The smallest absolute Gasteiger partial charge is 0.165 e. The minimum atomic E-state index is -0.265. The van der Waals surface area contributed by atoms with Crippen molar-refractivity contribution in [3.8, 4) is 0 Å². The van der Waals surface area contributed by atoms with Crippen molar-refractivity contribution in [3.05, 3.63) is 58.2 Å². The number of aromatic nitrogens is 2. The molecule has 4 heteroatoms. The number of carbonyl (C=O) groups excluding carboxylic acids is 1. The fourth-order valence-electron chi connectivity index (χ4n) is 2.95. The Morgan fingerprint density at radius 1 is 1.20 bits per heavy atom. The number of hydrogen-bond donors (Lipinski definition) is 0. The second kappa shape index (κ2) is 4.78. The maximum Gasteiger partial charge on any atom is 0.165 e. The third kappa shape index (κ3) is 2.11. The van der Waals surface area contributed by atoms with Crippen LogP contribution >= 0.6 is 0 Å². The van der Waals surface area contributed by atoms with E-state index in [4.69, 9.17) is 0 Å². The molecule has 0 fully saturated rings. The summed E-state index contributed by atoms with van der Waals surface area (Å²) in [4.78, 5) is 12.3. The Morgan fingerprint density at radius 2 is 2.00 bits per heavy atom. The molecular weight excluding hydrogens is 255 g/mol. The molecular formula is C16H15FN2O. The van der Waals surface area contributed by atoms with Crippen LogP contribution in [0.3, 0.4) is 0 Å². The van der Waals surface area contributed by atoms with Crippen LogP contribution in [0.5, 0.6) is 0 Å². The first kappa shape index (κ1) is 12.9. The maximum atomic E-state index is 13.4. The molecule has 20 heavy (non-hydrogen) atoms. The molecule has 0 saturated heterocycles. The summed E-state index contributed by atoms with van der Waals surface area (Å²) in [5.41, 5.74) is 4.20. The van der Waals surface area contributed by atoms with Crippen molar-refractivity contribution in [2.24, 2.45) is 0 Å². The molecule has 0 spiro atoms. The Labute approximate surface area is 116 Å². The second-order valence-electron chi connectivity index (χ2n) is 5.38. The molecule has 0 saturated carbocycles. The highest BCUT2D eigenvalue weighted by atomic mass is 19.1. The van der Waals surface area contributed by atoms with Crippen LogP contribution in [0.4, 0.5) is 4.39 Å². The summed E-state index contributed by atoms with van der Waals surface area (Å²) in [7, 11) is 0. The molecule has 1 aromatic carbocycles. The highest BCUT2D eigenvalue weighted by molar-refractivity contribution is 5.99. The Hall–Kier alpha value is -2.10. The van der Waals surface area contributed by atoms with Crippen LogP contribution in [0, 0.1) is 19.7 Å². The summed E-state index contributed by atoms with van der Waals surface area (Å²) in [5.74, 6) is -0.201. The zero-order valence-corrected chi connectivity index (χ0v) is 11.5. The third-order valence-electron chi connectivity index (χ3n) is 3.94. The molecule has 0 aliphatic heterocycles. The van der Waals surface area contributed by atoms with Crippen molar-refractivity contribution < 1.29 is 9.18 Å². The lowest BCUT2D eigenvalue weighted by molar-refractivity contribution is 0.0962. The molecule has 1 unspecified atom stereocenters. The Morgan fingerprint density at radius 3 is 2.80 bits per heavy atom. The highest BCUT2D eigenvalue weighted by Crippen LogP contribution is 2.34. The normalized spacial score (nSPS) is 17.9. The van der Waals surface area contributed by atoms with Crippen molar-refractivity contribution in [2.45, 2.75) is 32.6 Å². The Balaban J connectivity index is 2.04. The van der Waals surface area contributed by atoms with Crippen LogP contribution in [-0.4, -0.2) is 16.0 Å². The van der Waals surface area contributed by atoms with Crippen molar-refractivity contribution in [1.29, 1.82) is 0 Å². The van der Waals surface area contributed by atoms with Crippen LogP contribution in [0.2, 0.25) is 0 Å². The number of aryl methyl sites for hydroxylation is 2. The number of carbonyl (C=O) groups is 1. The predicted molar refractivity (Wildman–Crippen MR) is 73.3 cm³/mol. The van der Waals surface area contributed by atoms with Gasteiger partial charge in [0.1, 0.15) is 5.82 Å². The van der Waals surface area contributed by atoms with Gasteiger partial charge in [-0.05, 0) is 55.0 Å². The molecule has 2 aromatic rings. The van der Waals surface area contributed by atoms with Crippen LogP contribution in [0.25, 0.3) is 0 Å². The first-order valence-corrected chi connectivity index (χ1v) is 6.66. The average molecular weight is 270 g/mol. The molecule has 1 aliphatic rings. The van der Waals surface area contributed by atoms with E-state index in [0.717, 1.165) is 22.4 Å². The minimum Gasteiger partial charge on any atom is -0.294 e.